The second-order valence-corrected chi connectivity index (χ2v) is 5.92. The molecule has 2 rings (SSSR count). The number of hydrogen-bond donors (Lipinski definition) is 1. The minimum atomic E-state index is -4.37. The van der Waals surface area contributed by atoms with E-state index in [2.05, 4.69) is 0 Å². The molecule has 2 atom stereocenters. The van der Waals surface area contributed by atoms with E-state index in [1.165, 1.54) is 17.0 Å². The first kappa shape index (κ1) is 18.6. The van der Waals surface area contributed by atoms with Crippen molar-refractivity contribution in [2.45, 2.75) is 25.9 Å². The van der Waals surface area contributed by atoms with E-state index in [-0.39, 0.29) is 17.6 Å². The van der Waals surface area contributed by atoms with Crippen LogP contribution in [0.25, 0.3) is 0 Å². The van der Waals surface area contributed by atoms with Crippen LogP contribution in [0, 0.1) is 5.92 Å². The summed E-state index contributed by atoms with van der Waals surface area (Å²) in [5.74, 6) is -0.0427. The van der Waals surface area contributed by atoms with Crippen molar-refractivity contribution < 1.29 is 32.3 Å². The van der Waals surface area contributed by atoms with Gasteiger partial charge in [0.25, 0.3) is 0 Å². The fourth-order valence-electron chi connectivity index (χ4n) is 2.91. The molecule has 0 spiro atoms. The lowest BCUT2D eigenvalue weighted by Gasteiger charge is -2.28. The molecule has 0 saturated carbocycles. The Morgan fingerprint density at radius 3 is 2.88 bits per heavy atom. The van der Waals surface area contributed by atoms with Crippen LogP contribution in [0.2, 0.25) is 0 Å². The van der Waals surface area contributed by atoms with Crippen molar-refractivity contribution in [3.05, 3.63) is 29.8 Å². The zero-order valence-electron chi connectivity index (χ0n) is 13.7. The molecule has 7 heteroatoms. The van der Waals surface area contributed by atoms with Crippen molar-refractivity contribution >= 4 is 5.97 Å². The minimum absolute atomic E-state index is 0.0951. The normalized spacial score (nSPS) is 21.3. The van der Waals surface area contributed by atoms with Gasteiger partial charge in [-0.15, -0.1) is 0 Å². The molecular weight excluding hydrogens is 323 g/mol. The van der Waals surface area contributed by atoms with Crippen molar-refractivity contribution in [1.29, 1.82) is 0 Å². The van der Waals surface area contributed by atoms with Gasteiger partial charge in [-0.25, -0.2) is 0 Å². The molecule has 1 saturated heterocycles. The van der Waals surface area contributed by atoms with Gasteiger partial charge in [0.1, 0.15) is 24.8 Å². The summed E-state index contributed by atoms with van der Waals surface area (Å²) in [4.78, 5) is 13.0. The Morgan fingerprint density at radius 1 is 1.38 bits per heavy atom. The average Bonchev–Trinajstić information content (AvgIpc) is 2.55. The van der Waals surface area contributed by atoms with Crippen LogP contribution in [0.4, 0.5) is 13.2 Å². The Hall–Kier alpha value is -1.76. The maximum absolute atomic E-state index is 12.7. The third-order valence-electron chi connectivity index (χ3n) is 4.12. The molecule has 1 heterocycles. The van der Waals surface area contributed by atoms with Gasteiger partial charge in [-0.2, -0.15) is 13.2 Å². The first-order valence-electron chi connectivity index (χ1n) is 8.20. The van der Waals surface area contributed by atoms with Crippen LogP contribution >= 0.6 is 0 Å². The van der Waals surface area contributed by atoms with Crippen molar-refractivity contribution in [3.63, 3.8) is 0 Å². The summed E-state index contributed by atoms with van der Waals surface area (Å²) >= 11 is 0. The standard InChI is InChI=1S/C17H22F3NO3/c1-2-23-16(22)13-5-4-8-21(12-13)9-10-24-15-7-3-6-14(11-15)17(18,19)20/h3,6-7,11,13H,2,4-5,8-10,12H2,1H3/p+1/t13-/m1/s1. The number of ether oxygens (including phenoxy) is 2. The number of nitrogens with one attached hydrogen (secondary N) is 1. The van der Waals surface area contributed by atoms with E-state index in [1.54, 1.807) is 6.92 Å². The lowest BCUT2D eigenvalue weighted by molar-refractivity contribution is -0.907. The number of quaternary nitrogens is 1. The highest BCUT2D eigenvalue weighted by atomic mass is 19.4. The maximum Gasteiger partial charge on any atom is 0.416 e. The number of carbonyl (C=O) groups is 1. The van der Waals surface area contributed by atoms with Crippen LogP contribution in [0.5, 0.6) is 5.75 Å². The topological polar surface area (TPSA) is 40.0 Å². The molecule has 1 unspecified atom stereocenters. The fraction of sp³-hybridized carbons (Fsp3) is 0.588. The zero-order valence-corrected chi connectivity index (χ0v) is 13.7. The largest absolute Gasteiger partial charge is 0.488 e. The molecule has 1 aromatic carbocycles. The first-order valence-corrected chi connectivity index (χ1v) is 8.20. The van der Waals surface area contributed by atoms with Gasteiger partial charge in [-0.1, -0.05) is 6.07 Å². The molecule has 4 nitrogen and oxygen atoms in total. The predicted octanol–water partition coefficient (Wildman–Crippen LogP) is 1.94. The molecule has 0 aromatic heterocycles. The molecule has 1 N–H and O–H groups in total. The quantitative estimate of drug-likeness (QED) is 0.801. The van der Waals surface area contributed by atoms with Crippen LogP contribution in [-0.2, 0) is 15.7 Å². The third-order valence-corrected chi connectivity index (χ3v) is 4.12. The van der Waals surface area contributed by atoms with E-state index < -0.39 is 11.7 Å². The summed E-state index contributed by atoms with van der Waals surface area (Å²) in [7, 11) is 0. The molecule has 1 aliphatic heterocycles. The summed E-state index contributed by atoms with van der Waals surface area (Å²) < 4.78 is 48.5. The second kappa shape index (κ2) is 8.37. The minimum Gasteiger partial charge on any atom is -0.488 e. The van der Waals surface area contributed by atoms with Crippen LogP contribution in [0.1, 0.15) is 25.3 Å². The van der Waals surface area contributed by atoms with Gasteiger partial charge in [0, 0.05) is 0 Å². The Balaban J connectivity index is 1.80. The van der Waals surface area contributed by atoms with Crippen LogP contribution in [0.3, 0.4) is 0 Å². The zero-order chi connectivity index (χ0) is 17.6. The van der Waals surface area contributed by atoms with Gasteiger partial charge < -0.3 is 14.4 Å². The molecule has 0 amide bonds. The number of likely N-dealkylation sites (tertiary alicyclic amines) is 1. The predicted molar refractivity (Wildman–Crippen MR) is 81.9 cm³/mol. The summed E-state index contributed by atoms with van der Waals surface area (Å²) in [6.45, 7) is 4.74. The van der Waals surface area contributed by atoms with E-state index in [1.807, 2.05) is 0 Å². The third kappa shape index (κ3) is 5.40. The van der Waals surface area contributed by atoms with Crippen LogP contribution < -0.4 is 9.64 Å². The maximum atomic E-state index is 12.7. The Labute approximate surface area is 139 Å². The molecule has 1 aliphatic rings. The average molecular weight is 346 g/mol. The smallest absolute Gasteiger partial charge is 0.416 e. The Kier molecular flexibility index (Phi) is 6.48. The van der Waals surface area contributed by atoms with E-state index >= 15 is 0 Å². The summed E-state index contributed by atoms with van der Waals surface area (Å²) in [6, 6.07) is 4.88. The summed E-state index contributed by atoms with van der Waals surface area (Å²) in [6.07, 6.45) is -2.61. The fourth-order valence-corrected chi connectivity index (χ4v) is 2.91. The van der Waals surface area contributed by atoms with Gasteiger partial charge >= 0.3 is 12.1 Å². The van der Waals surface area contributed by atoms with Crippen LogP contribution in [-0.4, -0.2) is 38.8 Å². The second-order valence-electron chi connectivity index (χ2n) is 5.92. The number of alkyl halides is 3. The number of piperidine rings is 1. The van der Waals surface area contributed by atoms with Gasteiger partial charge in [-0.05, 0) is 38.0 Å². The number of esters is 1. The van der Waals surface area contributed by atoms with Crippen molar-refractivity contribution in [1.82, 2.24) is 0 Å². The van der Waals surface area contributed by atoms with Gasteiger partial charge in [0.15, 0.2) is 0 Å². The van der Waals surface area contributed by atoms with Gasteiger partial charge in [0.05, 0.1) is 25.3 Å². The monoisotopic (exact) mass is 346 g/mol. The summed E-state index contributed by atoms with van der Waals surface area (Å²) in [5.41, 5.74) is -0.715. The molecular formula is C17H23F3NO3+. The lowest BCUT2D eigenvalue weighted by atomic mass is 9.98. The van der Waals surface area contributed by atoms with Gasteiger partial charge in [0.2, 0.25) is 0 Å². The number of carbonyl (C=O) groups excluding carboxylic acids is 1. The van der Waals surface area contributed by atoms with Crippen molar-refractivity contribution in [2.75, 3.05) is 32.8 Å². The Morgan fingerprint density at radius 2 is 2.17 bits per heavy atom. The van der Waals surface area contributed by atoms with E-state index in [9.17, 15) is 18.0 Å². The molecule has 134 valence electrons. The lowest BCUT2D eigenvalue weighted by Crippen LogP contribution is -3.14. The Bertz CT molecular complexity index is 548. The molecule has 0 radical (unpaired) electrons. The summed E-state index contributed by atoms with van der Waals surface area (Å²) in [5, 5.41) is 0. The number of benzene rings is 1. The van der Waals surface area contributed by atoms with Crippen molar-refractivity contribution in [2.24, 2.45) is 5.92 Å². The van der Waals surface area contributed by atoms with E-state index in [4.69, 9.17) is 9.47 Å². The first-order chi connectivity index (χ1) is 11.4. The molecule has 1 aromatic rings. The number of halogens is 3. The molecule has 24 heavy (non-hydrogen) atoms. The number of rotatable bonds is 6. The van der Waals surface area contributed by atoms with Crippen molar-refractivity contribution in [3.8, 4) is 5.75 Å². The molecule has 0 bridgehead atoms. The highest BCUT2D eigenvalue weighted by molar-refractivity contribution is 5.72. The highest BCUT2D eigenvalue weighted by Crippen LogP contribution is 2.31. The molecule has 0 aliphatic carbocycles. The number of hydrogen-bond acceptors (Lipinski definition) is 3. The van der Waals surface area contributed by atoms with E-state index in [0.717, 1.165) is 31.5 Å². The highest BCUT2D eigenvalue weighted by Gasteiger charge is 2.31. The SMILES string of the molecule is CCOC(=O)[C@@H]1CCC[NH+](CCOc2cccc(C(F)(F)F)c2)C1. The van der Waals surface area contributed by atoms with Gasteiger partial charge in [-0.3, -0.25) is 4.79 Å². The van der Waals surface area contributed by atoms with E-state index in [0.29, 0.717) is 26.3 Å². The molecule has 1 fully saturated rings. The van der Waals surface area contributed by atoms with Crippen LogP contribution in [0.15, 0.2) is 24.3 Å².